The first-order valence-corrected chi connectivity index (χ1v) is 10.4. The summed E-state index contributed by atoms with van der Waals surface area (Å²) in [6.45, 7) is 0.0127. The Bertz CT molecular complexity index is 1470. The summed E-state index contributed by atoms with van der Waals surface area (Å²) < 4.78 is 20.3. The van der Waals surface area contributed by atoms with E-state index in [1.54, 1.807) is 43.8 Å². The maximum atomic E-state index is 14.6. The highest BCUT2D eigenvalue weighted by molar-refractivity contribution is 6.08. The molecule has 2 N–H and O–H groups in total. The molecule has 8 heteroatoms. The van der Waals surface area contributed by atoms with Gasteiger partial charge in [0.1, 0.15) is 24.0 Å². The highest BCUT2D eigenvalue weighted by atomic mass is 19.1. The maximum absolute atomic E-state index is 14.6. The number of halogens is 1. The molecule has 1 aromatic carbocycles. The summed E-state index contributed by atoms with van der Waals surface area (Å²) in [5, 5.41) is 14.6. The summed E-state index contributed by atoms with van der Waals surface area (Å²) in [5.74, 6) is 0.763. The largest absolute Gasteiger partial charge is 0.489 e. The van der Waals surface area contributed by atoms with Crippen LogP contribution in [0.4, 0.5) is 10.2 Å². The zero-order valence-corrected chi connectivity index (χ0v) is 17.8. The molecule has 5 rings (SSSR count). The quantitative estimate of drug-likeness (QED) is 0.402. The first-order valence-electron chi connectivity index (χ1n) is 10.4. The minimum absolute atomic E-state index is 0.120. The van der Waals surface area contributed by atoms with E-state index in [-0.39, 0.29) is 19.0 Å². The van der Waals surface area contributed by atoms with Gasteiger partial charge in [-0.05, 0) is 36.4 Å². The molecule has 7 nitrogen and oxygen atoms in total. The summed E-state index contributed by atoms with van der Waals surface area (Å²) in [4.78, 5) is 18.1. The third kappa shape index (κ3) is 3.70. The topological polar surface area (TPSA) is 93.1 Å². The molecule has 0 atom stereocenters. The minimum atomic E-state index is -0.363. The lowest BCUT2D eigenvalue weighted by Gasteiger charge is -2.15. The van der Waals surface area contributed by atoms with Gasteiger partial charge in [-0.2, -0.15) is 0 Å². The van der Waals surface area contributed by atoms with Crippen molar-refractivity contribution in [2.45, 2.75) is 0 Å². The first-order chi connectivity index (χ1) is 16.2. The highest BCUT2D eigenvalue weighted by Gasteiger charge is 2.19. The second-order valence-electron chi connectivity index (χ2n) is 7.28. The molecule has 5 aromatic rings. The molecule has 0 aliphatic carbocycles. The number of hydrogen-bond donors (Lipinski definition) is 2. The maximum Gasteiger partial charge on any atom is 0.160 e. The number of nitrogens with one attached hydrogen (secondary N) is 1. The molecule has 0 spiro atoms. The van der Waals surface area contributed by atoms with Gasteiger partial charge < -0.3 is 15.2 Å². The molecule has 0 amide bonds. The molecular weight excluding hydrogens is 421 g/mol. The lowest BCUT2D eigenvalue weighted by atomic mass is 9.99. The number of ether oxygens (including phenoxy) is 1. The second-order valence-corrected chi connectivity index (χ2v) is 7.28. The number of aliphatic hydroxyl groups is 1. The average molecular weight is 441 g/mol. The van der Waals surface area contributed by atoms with Crippen molar-refractivity contribution < 1.29 is 14.2 Å². The normalized spacial score (nSPS) is 11.1. The molecule has 0 fully saturated rings. The number of pyridine rings is 4. The number of rotatable bonds is 6. The molecule has 4 heterocycles. The Morgan fingerprint density at radius 2 is 1.85 bits per heavy atom. The number of aliphatic hydroxyl groups excluding tert-OH is 1. The standard InChI is InChI=1S/C25H20FN5O2/c1-27-25-22-17(8-10-29-25)23(30-14-21(22)33-12-11-32)18-13-20(16-5-2-3-7-19(16)26)31-24-15(18)6-4-9-28-24/h2-10,13-14,32H,11-12H2,1H3,(H,27,29). The monoisotopic (exact) mass is 441 g/mol. The van der Waals surface area contributed by atoms with Crippen LogP contribution in [0.2, 0.25) is 0 Å². The van der Waals surface area contributed by atoms with Crippen LogP contribution in [0.5, 0.6) is 5.75 Å². The summed E-state index contributed by atoms with van der Waals surface area (Å²) in [5.41, 5.74) is 2.77. The number of hydrogen-bond acceptors (Lipinski definition) is 7. The predicted octanol–water partition coefficient (Wildman–Crippen LogP) is 4.46. The van der Waals surface area contributed by atoms with Gasteiger partial charge >= 0.3 is 0 Å². The van der Waals surface area contributed by atoms with E-state index in [2.05, 4.69) is 20.3 Å². The van der Waals surface area contributed by atoms with E-state index in [9.17, 15) is 9.50 Å². The van der Waals surface area contributed by atoms with Gasteiger partial charge in [0.25, 0.3) is 0 Å². The van der Waals surface area contributed by atoms with Gasteiger partial charge in [-0.3, -0.25) is 4.98 Å². The Hall–Kier alpha value is -4.17. The van der Waals surface area contributed by atoms with Crippen LogP contribution in [0.15, 0.2) is 67.1 Å². The fourth-order valence-corrected chi connectivity index (χ4v) is 3.89. The van der Waals surface area contributed by atoms with Crippen LogP contribution in [0.3, 0.4) is 0 Å². The fourth-order valence-electron chi connectivity index (χ4n) is 3.89. The number of nitrogens with zero attached hydrogens (tertiary/aromatic N) is 4. The second kappa shape index (κ2) is 8.76. The zero-order valence-electron chi connectivity index (χ0n) is 17.8. The molecule has 0 aliphatic heterocycles. The van der Waals surface area contributed by atoms with Crippen molar-refractivity contribution in [1.29, 1.82) is 0 Å². The minimum Gasteiger partial charge on any atom is -0.489 e. The molecule has 0 unspecified atom stereocenters. The highest BCUT2D eigenvalue weighted by Crippen LogP contribution is 2.39. The van der Waals surface area contributed by atoms with Crippen molar-refractivity contribution >= 4 is 27.6 Å². The average Bonchev–Trinajstić information content (AvgIpc) is 2.86. The summed E-state index contributed by atoms with van der Waals surface area (Å²) in [7, 11) is 1.78. The summed E-state index contributed by atoms with van der Waals surface area (Å²) >= 11 is 0. The van der Waals surface area contributed by atoms with E-state index < -0.39 is 0 Å². The van der Waals surface area contributed by atoms with Crippen molar-refractivity contribution in [2.24, 2.45) is 0 Å². The van der Waals surface area contributed by atoms with E-state index >= 15 is 0 Å². The van der Waals surface area contributed by atoms with Crippen LogP contribution in [0.25, 0.3) is 44.3 Å². The van der Waals surface area contributed by atoms with Gasteiger partial charge in [0.15, 0.2) is 5.65 Å². The van der Waals surface area contributed by atoms with Gasteiger partial charge in [0.05, 0.1) is 29.6 Å². The molecule has 164 valence electrons. The fraction of sp³-hybridized carbons (Fsp3) is 0.120. The third-order valence-corrected chi connectivity index (χ3v) is 5.34. The van der Waals surface area contributed by atoms with Gasteiger partial charge in [-0.1, -0.05) is 12.1 Å². The summed E-state index contributed by atoms with van der Waals surface area (Å²) in [6, 6.07) is 14.0. The molecule has 33 heavy (non-hydrogen) atoms. The van der Waals surface area contributed by atoms with Crippen LogP contribution in [-0.4, -0.2) is 45.3 Å². The Morgan fingerprint density at radius 1 is 0.970 bits per heavy atom. The van der Waals surface area contributed by atoms with Crippen molar-refractivity contribution in [3.05, 3.63) is 72.9 Å². The van der Waals surface area contributed by atoms with Crippen LogP contribution in [-0.2, 0) is 0 Å². The van der Waals surface area contributed by atoms with Crippen LogP contribution < -0.4 is 10.1 Å². The Labute approximate surface area is 189 Å². The van der Waals surface area contributed by atoms with E-state index in [0.29, 0.717) is 34.2 Å². The van der Waals surface area contributed by atoms with E-state index in [1.807, 2.05) is 24.3 Å². The van der Waals surface area contributed by atoms with Gasteiger partial charge in [0.2, 0.25) is 0 Å². The van der Waals surface area contributed by atoms with E-state index in [4.69, 9.17) is 9.72 Å². The Kier molecular flexibility index (Phi) is 5.50. The molecule has 0 saturated carbocycles. The number of fused-ring (bicyclic) bond motifs is 2. The zero-order chi connectivity index (χ0) is 22.8. The Morgan fingerprint density at radius 3 is 2.67 bits per heavy atom. The lowest BCUT2D eigenvalue weighted by molar-refractivity contribution is 0.202. The van der Waals surface area contributed by atoms with Crippen LogP contribution in [0.1, 0.15) is 0 Å². The molecule has 0 bridgehead atoms. The van der Waals surface area contributed by atoms with Crippen LogP contribution in [0, 0.1) is 5.82 Å². The summed E-state index contributed by atoms with van der Waals surface area (Å²) in [6.07, 6.45) is 4.96. The van der Waals surface area contributed by atoms with Crippen molar-refractivity contribution in [1.82, 2.24) is 19.9 Å². The first kappa shape index (κ1) is 20.7. The SMILES string of the molecule is CNc1nccc2c(-c3cc(-c4ccccc4F)nc4ncccc34)ncc(OCCO)c12. The predicted molar refractivity (Wildman–Crippen MR) is 126 cm³/mol. The molecule has 0 radical (unpaired) electrons. The molecule has 0 aliphatic rings. The van der Waals surface area contributed by atoms with Crippen molar-refractivity contribution in [3.63, 3.8) is 0 Å². The van der Waals surface area contributed by atoms with Crippen molar-refractivity contribution in [2.75, 3.05) is 25.6 Å². The number of anilines is 1. The van der Waals surface area contributed by atoms with Gasteiger partial charge in [-0.25, -0.2) is 19.3 Å². The Balaban J connectivity index is 1.83. The van der Waals surface area contributed by atoms with Gasteiger partial charge in [-0.15, -0.1) is 0 Å². The smallest absolute Gasteiger partial charge is 0.160 e. The van der Waals surface area contributed by atoms with Gasteiger partial charge in [0, 0.05) is 41.3 Å². The van der Waals surface area contributed by atoms with E-state index in [0.717, 1.165) is 21.7 Å². The lowest BCUT2D eigenvalue weighted by Crippen LogP contribution is -2.05. The number of aromatic nitrogens is 4. The van der Waals surface area contributed by atoms with E-state index in [1.165, 1.54) is 6.07 Å². The molecular formula is C25H20FN5O2. The third-order valence-electron chi connectivity index (χ3n) is 5.34. The van der Waals surface area contributed by atoms with Crippen molar-refractivity contribution in [3.8, 4) is 28.3 Å². The van der Waals surface area contributed by atoms with Crippen LogP contribution >= 0.6 is 0 Å². The molecule has 4 aromatic heterocycles. The molecule has 0 saturated heterocycles. The number of benzene rings is 1.